The SMILES string of the molecule is COC(=O)[C@@H]1C[C@@H]2CN1C(=O)[C@H](C(C)(C)C)CC(=O)[C@@H](C)COC/C=C/c1cc3c(nccc3cc1C)O2. The molecular weight excluding hydrogens is 484 g/mol. The third-order valence-electron chi connectivity index (χ3n) is 7.59. The van der Waals surface area contributed by atoms with Crippen LogP contribution in [0, 0.1) is 24.2 Å². The second kappa shape index (κ2) is 11.2. The van der Waals surface area contributed by atoms with Crippen molar-refractivity contribution >= 4 is 34.5 Å². The number of fused-ring (bicyclic) bond motifs is 3. The van der Waals surface area contributed by atoms with Crippen LogP contribution in [0.2, 0.25) is 0 Å². The summed E-state index contributed by atoms with van der Waals surface area (Å²) in [7, 11) is 1.32. The van der Waals surface area contributed by atoms with Gasteiger partial charge in [0.1, 0.15) is 17.9 Å². The predicted molar refractivity (Wildman–Crippen MR) is 145 cm³/mol. The highest BCUT2D eigenvalue weighted by Crippen LogP contribution is 2.36. The molecule has 1 amide bonds. The van der Waals surface area contributed by atoms with Gasteiger partial charge in [-0.1, -0.05) is 45.9 Å². The number of methoxy groups -OCH3 is 1. The monoisotopic (exact) mass is 522 g/mol. The lowest BCUT2D eigenvalue weighted by atomic mass is 9.75. The number of amides is 1. The zero-order chi connectivity index (χ0) is 27.6. The number of benzene rings is 1. The van der Waals surface area contributed by atoms with Gasteiger partial charge in [0.05, 0.1) is 26.9 Å². The molecule has 0 radical (unpaired) electrons. The summed E-state index contributed by atoms with van der Waals surface area (Å²) >= 11 is 0. The molecule has 0 N–H and O–H groups in total. The van der Waals surface area contributed by atoms with Gasteiger partial charge in [-0.3, -0.25) is 9.59 Å². The quantitative estimate of drug-likeness (QED) is 0.514. The highest BCUT2D eigenvalue weighted by molar-refractivity contribution is 5.92. The van der Waals surface area contributed by atoms with Gasteiger partial charge in [-0.25, -0.2) is 9.78 Å². The Labute approximate surface area is 224 Å². The summed E-state index contributed by atoms with van der Waals surface area (Å²) in [6.07, 6.45) is 5.53. The highest BCUT2D eigenvalue weighted by Gasteiger charge is 2.46. The maximum absolute atomic E-state index is 14.0. The molecule has 2 aromatic rings. The number of esters is 1. The van der Waals surface area contributed by atoms with Gasteiger partial charge in [0.25, 0.3) is 0 Å². The third-order valence-corrected chi connectivity index (χ3v) is 7.59. The summed E-state index contributed by atoms with van der Waals surface area (Å²) in [5.41, 5.74) is 1.61. The average molecular weight is 523 g/mol. The zero-order valence-corrected chi connectivity index (χ0v) is 23.2. The van der Waals surface area contributed by atoms with Gasteiger partial charge in [-0.15, -0.1) is 0 Å². The normalized spacial score (nSPS) is 26.1. The first-order valence-corrected chi connectivity index (χ1v) is 13.2. The minimum absolute atomic E-state index is 0.0376. The molecule has 2 aliphatic heterocycles. The summed E-state index contributed by atoms with van der Waals surface area (Å²) in [6, 6.07) is 5.26. The zero-order valence-electron chi connectivity index (χ0n) is 23.2. The van der Waals surface area contributed by atoms with Crippen molar-refractivity contribution in [2.45, 2.75) is 59.6 Å². The van der Waals surface area contributed by atoms with E-state index >= 15 is 0 Å². The summed E-state index contributed by atoms with van der Waals surface area (Å²) in [4.78, 5) is 45.9. The number of ether oxygens (including phenoxy) is 3. The molecule has 1 fully saturated rings. The first kappa shape index (κ1) is 27.8. The lowest BCUT2D eigenvalue weighted by Gasteiger charge is -2.34. The maximum Gasteiger partial charge on any atom is 0.328 e. The van der Waals surface area contributed by atoms with E-state index in [0.29, 0.717) is 12.5 Å². The summed E-state index contributed by atoms with van der Waals surface area (Å²) in [6.45, 7) is 10.5. The molecule has 1 aromatic carbocycles. The van der Waals surface area contributed by atoms with Gasteiger partial charge in [0.2, 0.25) is 11.8 Å². The lowest BCUT2D eigenvalue weighted by Crippen LogP contribution is -2.48. The molecule has 3 heterocycles. The van der Waals surface area contributed by atoms with Crippen LogP contribution in [-0.2, 0) is 23.9 Å². The Kier molecular flexibility index (Phi) is 8.21. The fourth-order valence-corrected chi connectivity index (χ4v) is 5.19. The highest BCUT2D eigenvalue weighted by atomic mass is 16.5. The van der Waals surface area contributed by atoms with Gasteiger partial charge in [0.15, 0.2) is 0 Å². The Morgan fingerprint density at radius 1 is 1.21 bits per heavy atom. The number of carbonyl (C=O) groups excluding carboxylic acids is 3. The standard InChI is InChI=1S/C30H38N2O6/c1-18-12-21-9-10-31-27-23(21)13-20(18)8-7-11-37-17-19(2)26(33)15-24(30(3,4)5)28(34)32-16-22(38-27)14-25(32)29(35)36-6/h7-10,12-13,19,22,24-25H,11,14-17H2,1-6H3/b8-7+/t19-,22+,24+,25-/m0/s1. The van der Waals surface area contributed by atoms with Gasteiger partial charge in [0, 0.05) is 36.3 Å². The largest absolute Gasteiger partial charge is 0.472 e. The van der Waals surface area contributed by atoms with Gasteiger partial charge < -0.3 is 19.1 Å². The van der Waals surface area contributed by atoms with Gasteiger partial charge in [-0.05, 0) is 41.0 Å². The van der Waals surface area contributed by atoms with Gasteiger partial charge in [-0.2, -0.15) is 0 Å². The topological polar surface area (TPSA) is 95.0 Å². The van der Waals surface area contributed by atoms with Crippen LogP contribution < -0.4 is 4.74 Å². The first-order chi connectivity index (χ1) is 18.0. The Hall–Kier alpha value is -3.26. The van der Waals surface area contributed by atoms with Crippen LogP contribution in [0.25, 0.3) is 16.8 Å². The number of aromatic nitrogens is 1. The maximum atomic E-state index is 14.0. The number of Topliss-reactive ketones (excluding diaryl/α,β-unsaturated/α-hetero) is 1. The van der Waals surface area contributed by atoms with Crippen LogP contribution in [0.4, 0.5) is 0 Å². The molecular formula is C30H38N2O6. The molecule has 0 saturated carbocycles. The number of hydrogen-bond donors (Lipinski definition) is 0. The second-order valence-corrected chi connectivity index (χ2v) is 11.5. The van der Waals surface area contributed by atoms with Crippen molar-refractivity contribution in [2.24, 2.45) is 17.3 Å². The van der Waals surface area contributed by atoms with Crippen LogP contribution in [0.3, 0.4) is 0 Å². The molecule has 0 spiro atoms. The molecule has 0 aliphatic carbocycles. The van der Waals surface area contributed by atoms with E-state index in [2.05, 4.69) is 11.1 Å². The van der Waals surface area contributed by atoms with Crippen molar-refractivity contribution in [2.75, 3.05) is 26.9 Å². The van der Waals surface area contributed by atoms with Crippen molar-refractivity contribution in [1.82, 2.24) is 9.88 Å². The first-order valence-electron chi connectivity index (χ1n) is 13.2. The molecule has 4 bridgehead atoms. The van der Waals surface area contributed by atoms with Crippen LogP contribution >= 0.6 is 0 Å². The Bertz CT molecular complexity index is 1250. The smallest absolute Gasteiger partial charge is 0.328 e. The van der Waals surface area contributed by atoms with Crippen molar-refractivity contribution < 1.29 is 28.6 Å². The summed E-state index contributed by atoms with van der Waals surface area (Å²) in [5.74, 6) is -1.29. The number of ketones is 1. The molecule has 4 atom stereocenters. The molecule has 8 nitrogen and oxygen atoms in total. The Balaban J connectivity index is 1.77. The lowest BCUT2D eigenvalue weighted by molar-refractivity contribution is -0.154. The Morgan fingerprint density at radius 2 is 1.97 bits per heavy atom. The Morgan fingerprint density at radius 3 is 2.68 bits per heavy atom. The van der Waals surface area contributed by atoms with Crippen molar-refractivity contribution in [3.63, 3.8) is 0 Å². The summed E-state index contributed by atoms with van der Waals surface area (Å²) < 4.78 is 17.2. The number of nitrogens with zero attached hydrogens (tertiary/aromatic N) is 2. The molecule has 4 rings (SSSR count). The van der Waals surface area contributed by atoms with E-state index in [1.54, 1.807) is 6.20 Å². The molecule has 38 heavy (non-hydrogen) atoms. The second-order valence-electron chi connectivity index (χ2n) is 11.5. The van der Waals surface area contributed by atoms with E-state index in [-0.39, 0.29) is 43.6 Å². The summed E-state index contributed by atoms with van der Waals surface area (Å²) in [5, 5.41) is 1.84. The third kappa shape index (κ3) is 5.90. The van der Waals surface area contributed by atoms with Crippen LogP contribution in [0.1, 0.15) is 51.7 Å². The number of hydrogen-bond acceptors (Lipinski definition) is 7. The number of pyridine rings is 1. The van der Waals surface area contributed by atoms with E-state index in [1.807, 2.05) is 58.9 Å². The van der Waals surface area contributed by atoms with Crippen molar-refractivity contribution in [1.29, 1.82) is 0 Å². The van der Waals surface area contributed by atoms with Crippen LogP contribution in [-0.4, -0.2) is 66.6 Å². The molecule has 1 saturated heterocycles. The van der Waals surface area contributed by atoms with E-state index in [9.17, 15) is 14.4 Å². The van der Waals surface area contributed by atoms with Crippen LogP contribution in [0.5, 0.6) is 5.88 Å². The molecule has 204 valence electrons. The minimum atomic E-state index is -0.795. The fraction of sp³-hybridized carbons (Fsp3) is 0.533. The van der Waals surface area contributed by atoms with Crippen molar-refractivity contribution in [3.8, 4) is 5.88 Å². The molecule has 0 unspecified atom stereocenters. The number of aryl methyl sites for hydroxylation is 1. The van der Waals surface area contributed by atoms with E-state index < -0.39 is 29.4 Å². The van der Waals surface area contributed by atoms with E-state index in [0.717, 1.165) is 21.9 Å². The van der Waals surface area contributed by atoms with E-state index in [4.69, 9.17) is 14.2 Å². The molecule has 1 aromatic heterocycles. The van der Waals surface area contributed by atoms with E-state index in [1.165, 1.54) is 12.0 Å². The van der Waals surface area contributed by atoms with Crippen LogP contribution in [0.15, 0.2) is 30.5 Å². The molecule has 2 aliphatic rings. The minimum Gasteiger partial charge on any atom is -0.472 e. The molecule has 8 heteroatoms. The average Bonchev–Trinajstić information content (AvgIpc) is 3.29. The predicted octanol–water partition coefficient (Wildman–Crippen LogP) is 4.37. The fourth-order valence-electron chi connectivity index (χ4n) is 5.19. The number of rotatable bonds is 1. The van der Waals surface area contributed by atoms with Crippen molar-refractivity contribution in [3.05, 3.63) is 41.6 Å². The van der Waals surface area contributed by atoms with Gasteiger partial charge >= 0.3 is 5.97 Å². The number of carbonyl (C=O) groups is 3.